The van der Waals surface area contributed by atoms with Gasteiger partial charge in [0.15, 0.2) is 17.7 Å². The molecular formula is C32H32F2N4O5S. The van der Waals surface area contributed by atoms with Gasteiger partial charge in [0.05, 0.1) is 29.9 Å². The number of aliphatic hydroxyl groups excluding tert-OH is 1. The molecule has 4 aliphatic rings. The number of halogens is 2. The number of aliphatic hydroxyl groups is 1. The highest BCUT2D eigenvalue weighted by atomic mass is 32.2. The molecule has 3 aromatic rings. The molecule has 4 aliphatic carbocycles. The fraction of sp³-hybridized carbons (Fsp3) is 0.469. The summed E-state index contributed by atoms with van der Waals surface area (Å²) < 4.78 is 39.8. The number of ether oxygens (including phenoxy) is 1. The van der Waals surface area contributed by atoms with E-state index in [9.17, 15) is 23.5 Å². The van der Waals surface area contributed by atoms with Crippen molar-refractivity contribution >= 4 is 28.9 Å². The van der Waals surface area contributed by atoms with Gasteiger partial charge in [0.25, 0.3) is 0 Å². The number of allylic oxidation sites excluding steroid dienone is 3. The van der Waals surface area contributed by atoms with Crippen LogP contribution in [0, 0.1) is 34.5 Å². The first-order chi connectivity index (χ1) is 21.0. The lowest BCUT2D eigenvalue weighted by Crippen LogP contribution is -2.62. The van der Waals surface area contributed by atoms with Crippen molar-refractivity contribution in [3.63, 3.8) is 0 Å². The minimum Gasteiger partial charge on any atom is -0.451 e. The van der Waals surface area contributed by atoms with Gasteiger partial charge in [-0.15, -0.1) is 0 Å². The van der Waals surface area contributed by atoms with E-state index in [0.717, 1.165) is 35.1 Å². The molecule has 3 heterocycles. The van der Waals surface area contributed by atoms with Crippen LogP contribution in [0.4, 0.5) is 8.78 Å². The number of pyridine rings is 1. The molecule has 3 aromatic heterocycles. The van der Waals surface area contributed by atoms with E-state index in [0.29, 0.717) is 30.3 Å². The first-order valence-electron chi connectivity index (χ1n) is 14.6. The minimum absolute atomic E-state index is 0.0746. The number of alkyl halides is 1. The number of carbonyl (C=O) groups is 2. The van der Waals surface area contributed by atoms with Crippen LogP contribution in [0.1, 0.15) is 61.8 Å². The average molecular weight is 623 g/mol. The minimum atomic E-state index is -1.64. The molecule has 9 nitrogen and oxygen atoms in total. The molecule has 0 bridgehead atoms. The van der Waals surface area contributed by atoms with Crippen molar-refractivity contribution in [3.05, 3.63) is 77.3 Å². The number of rotatable bonds is 5. The van der Waals surface area contributed by atoms with E-state index in [-0.39, 0.29) is 36.3 Å². The van der Waals surface area contributed by atoms with Crippen LogP contribution in [-0.4, -0.2) is 53.7 Å². The van der Waals surface area contributed by atoms with Crippen LogP contribution in [0.5, 0.6) is 0 Å². The Balaban J connectivity index is 1.29. The Morgan fingerprint density at radius 3 is 2.77 bits per heavy atom. The second-order valence-electron chi connectivity index (χ2n) is 12.9. The van der Waals surface area contributed by atoms with Crippen LogP contribution < -0.4 is 0 Å². The Labute approximate surface area is 256 Å². The molecule has 2 saturated carbocycles. The summed E-state index contributed by atoms with van der Waals surface area (Å²) in [5, 5.41) is 16.1. The van der Waals surface area contributed by atoms with Gasteiger partial charge in [-0.1, -0.05) is 25.5 Å². The molecule has 7 rings (SSSR count). The maximum Gasteiger partial charge on any atom is 0.361 e. The third-order valence-corrected chi connectivity index (χ3v) is 11.5. The van der Waals surface area contributed by atoms with Crippen molar-refractivity contribution in [1.82, 2.24) is 19.7 Å². The number of hydrogen-bond donors (Lipinski definition) is 1. The second-order valence-corrected chi connectivity index (χ2v) is 13.8. The molecule has 0 aromatic carbocycles. The second kappa shape index (κ2) is 10.2. The van der Waals surface area contributed by atoms with Crippen molar-refractivity contribution in [2.24, 2.45) is 28.6 Å². The predicted octanol–water partition coefficient (Wildman–Crippen LogP) is 5.50. The summed E-state index contributed by atoms with van der Waals surface area (Å²) in [7, 11) is 0. The van der Waals surface area contributed by atoms with Gasteiger partial charge in [-0.25, -0.2) is 23.8 Å². The summed E-state index contributed by atoms with van der Waals surface area (Å²) in [6.45, 7) is 6.13. The van der Waals surface area contributed by atoms with Crippen molar-refractivity contribution in [2.45, 2.75) is 58.2 Å². The third kappa shape index (κ3) is 4.02. The molecule has 0 spiro atoms. The van der Waals surface area contributed by atoms with Crippen molar-refractivity contribution < 1.29 is 32.6 Å². The van der Waals surface area contributed by atoms with E-state index in [1.165, 1.54) is 12.3 Å². The van der Waals surface area contributed by atoms with E-state index in [4.69, 9.17) is 9.15 Å². The first kappa shape index (κ1) is 29.1. The maximum atomic E-state index is 13.7. The van der Waals surface area contributed by atoms with E-state index in [2.05, 4.69) is 41.1 Å². The highest BCUT2D eigenvalue weighted by molar-refractivity contribution is 8.13. The van der Waals surface area contributed by atoms with Crippen LogP contribution in [0.2, 0.25) is 0 Å². The summed E-state index contributed by atoms with van der Waals surface area (Å²) in [4.78, 5) is 34.5. The van der Waals surface area contributed by atoms with Gasteiger partial charge in [-0.05, 0) is 85.6 Å². The van der Waals surface area contributed by atoms with Gasteiger partial charge in [-0.3, -0.25) is 4.79 Å². The van der Waals surface area contributed by atoms with Crippen LogP contribution in [0.3, 0.4) is 0 Å². The monoisotopic (exact) mass is 622 g/mol. The summed E-state index contributed by atoms with van der Waals surface area (Å²) in [6, 6.07) is 1.99. The smallest absolute Gasteiger partial charge is 0.361 e. The number of esters is 1. The standard InChI is InChI=1S/C32H32F2N4O5S/c1-17-8-20-21-6-7-32(29(41)44-15-33,43-28(40)23-14-42-16-36-23)31(21,3)11-25(39)27(20)30(2)10-18-12-37-38(24(18)9-22(17)30)19-4-5-26(34)35-13-19/h4-5,8-9,12-14,16,20-21,25,27,39H,6-7,10-11,15H2,1-3H3/t20-,21-,25-,27+,30-,31-,32-/m0/s1. The highest BCUT2D eigenvalue weighted by Gasteiger charge is 2.70. The van der Waals surface area contributed by atoms with E-state index in [1.807, 2.05) is 13.1 Å². The van der Waals surface area contributed by atoms with Gasteiger partial charge in [-0.2, -0.15) is 9.49 Å². The fourth-order valence-corrected chi connectivity index (χ4v) is 9.69. The SMILES string of the molecule is CC1=C[C@@H]2[C@H]([C@@H](O)C[C@@]3(C)[C@H]2CC[C@]3(OC(=O)c2cocn2)C(=O)SCF)[C@@]2(C)Cc3cnn(-c4ccc(F)nc4)c3C=C12. The zero-order valence-electron chi connectivity index (χ0n) is 24.5. The zero-order chi connectivity index (χ0) is 31.0. The van der Waals surface area contributed by atoms with Crippen molar-refractivity contribution in [3.8, 4) is 5.69 Å². The molecule has 2 fully saturated rings. The van der Waals surface area contributed by atoms with Crippen molar-refractivity contribution in [2.75, 3.05) is 6.01 Å². The Morgan fingerprint density at radius 1 is 1.25 bits per heavy atom. The Morgan fingerprint density at radius 2 is 2.07 bits per heavy atom. The van der Waals surface area contributed by atoms with Gasteiger partial charge in [0.1, 0.15) is 12.3 Å². The molecule has 0 unspecified atom stereocenters. The maximum absolute atomic E-state index is 13.7. The molecule has 0 aliphatic heterocycles. The molecule has 7 atom stereocenters. The molecular weight excluding hydrogens is 590 g/mol. The van der Waals surface area contributed by atoms with E-state index < -0.39 is 45.6 Å². The lowest BCUT2D eigenvalue weighted by Gasteiger charge is -2.59. The summed E-state index contributed by atoms with van der Waals surface area (Å²) in [5.74, 6) is -1.81. The molecule has 1 N–H and O–H groups in total. The van der Waals surface area contributed by atoms with Crippen molar-refractivity contribution in [1.29, 1.82) is 0 Å². The van der Waals surface area contributed by atoms with E-state index >= 15 is 0 Å². The quantitative estimate of drug-likeness (QED) is 0.291. The zero-order valence-corrected chi connectivity index (χ0v) is 25.3. The fourth-order valence-electron chi connectivity index (χ4n) is 8.98. The largest absolute Gasteiger partial charge is 0.451 e. The predicted molar refractivity (Wildman–Crippen MR) is 157 cm³/mol. The Kier molecular flexibility index (Phi) is 6.74. The molecule has 0 radical (unpaired) electrons. The Hall–Kier alpha value is -3.64. The molecule has 0 amide bonds. The topological polar surface area (TPSA) is 120 Å². The average Bonchev–Trinajstić information content (AvgIpc) is 3.71. The summed E-state index contributed by atoms with van der Waals surface area (Å²) >= 11 is 0.496. The van der Waals surface area contributed by atoms with Crippen LogP contribution in [0.25, 0.3) is 11.8 Å². The van der Waals surface area contributed by atoms with Gasteiger partial charge < -0.3 is 14.3 Å². The third-order valence-electron chi connectivity index (χ3n) is 10.8. The number of carbonyl (C=O) groups excluding carboxylic acids is 2. The molecule has 44 heavy (non-hydrogen) atoms. The lowest BCUT2D eigenvalue weighted by atomic mass is 9.46. The number of oxazole rings is 1. The highest BCUT2D eigenvalue weighted by Crippen LogP contribution is 2.68. The number of thioether (sulfide) groups is 1. The molecule has 0 saturated heterocycles. The van der Waals surface area contributed by atoms with Gasteiger partial charge in [0.2, 0.25) is 11.1 Å². The first-order valence-corrected chi connectivity index (χ1v) is 15.6. The summed E-state index contributed by atoms with van der Waals surface area (Å²) in [6.07, 6.45) is 10.6. The van der Waals surface area contributed by atoms with Crippen LogP contribution in [0.15, 0.2) is 58.8 Å². The number of fused-ring (bicyclic) bond motifs is 6. The number of hydrogen-bond acceptors (Lipinski definition) is 9. The normalized spacial score (nSPS) is 33.8. The van der Waals surface area contributed by atoms with Gasteiger partial charge in [0, 0.05) is 16.7 Å². The molecule has 230 valence electrons. The van der Waals surface area contributed by atoms with Crippen LogP contribution in [-0.2, 0) is 16.0 Å². The molecule has 12 heteroatoms. The Bertz CT molecular complexity index is 1710. The number of nitrogens with zero attached hydrogens (tertiary/aromatic N) is 4. The lowest BCUT2D eigenvalue weighted by molar-refractivity contribution is -0.166. The van der Waals surface area contributed by atoms with E-state index in [1.54, 1.807) is 10.7 Å². The summed E-state index contributed by atoms with van der Waals surface area (Å²) in [5.41, 5.74) is 1.57. The number of aromatic nitrogens is 4. The van der Waals surface area contributed by atoms with Gasteiger partial charge >= 0.3 is 5.97 Å². The van der Waals surface area contributed by atoms with Crippen LogP contribution >= 0.6 is 11.8 Å².